The van der Waals surface area contributed by atoms with Crippen molar-refractivity contribution in [3.05, 3.63) is 33.4 Å². The molecule has 0 saturated carbocycles. The Morgan fingerprint density at radius 3 is 1.75 bits per heavy atom. The molecule has 20 heavy (non-hydrogen) atoms. The zero-order valence-electron chi connectivity index (χ0n) is 12.8. The van der Waals surface area contributed by atoms with Crippen molar-refractivity contribution < 1.29 is 19.4 Å². The molecule has 1 N–H and O–H groups in total. The quantitative estimate of drug-likeness (QED) is 0.840. The van der Waals surface area contributed by atoms with Crippen LogP contribution in [0.25, 0.3) is 0 Å². The van der Waals surface area contributed by atoms with Gasteiger partial charge < -0.3 is 9.84 Å². The van der Waals surface area contributed by atoms with Gasteiger partial charge in [0.2, 0.25) is 0 Å². The van der Waals surface area contributed by atoms with Gasteiger partial charge in [-0.3, -0.25) is 9.59 Å². The molecular formula is C16H22O4. The average molecular weight is 278 g/mol. The highest BCUT2D eigenvalue weighted by atomic mass is 16.5. The number of carboxylic acids is 1. The van der Waals surface area contributed by atoms with Crippen molar-refractivity contribution in [1.29, 1.82) is 0 Å². The van der Waals surface area contributed by atoms with Gasteiger partial charge in [0, 0.05) is 0 Å². The molecule has 1 aromatic rings. The Bertz CT molecular complexity index is 515. The van der Waals surface area contributed by atoms with Crippen molar-refractivity contribution in [2.45, 2.75) is 54.1 Å². The van der Waals surface area contributed by atoms with Gasteiger partial charge in [-0.25, -0.2) is 0 Å². The van der Waals surface area contributed by atoms with Gasteiger partial charge in [0.05, 0.1) is 12.8 Å². The highest BCUT2D eigenvalue weighted by Crippen LogP contribution is 2.26. The molecular weight excluding hydrogens is 256 g/mol. The highest BCUT2D eigenvalue weighted by Gasteiger charge is 2.14. The van der Waals surface area contributed by atoms with E-state index in [-0.39, 0.29) is 19.4 Å². The fourth-order valence-electron chi connectivity index (χ4n) is 2.23. The molecule has 0 aliphatic carbocycles. The van der Waals surface area contributed by atoms with Crippen LogP contribution in [-0.4, -0.2) is 17.0 Å². The van der Waals surface area contributed by atoms with Gasteiger partial charge in [-0.15, -0.1) is 0 Å². The maximum atomic E-state index is 11.5. The van der Waals surface area contributed by atoms with Gasteiger partial charge in [0.25, 0.3) is 0 Å². The minimum absolute atomic E-state index is 0.0861. The summed E-state index contributed by atoms with van der Waals surface area (Å²) in [5.41, 5.74) is 6.98. The Morgan fingerprint density at radius 2 is 1.30 bits per heavy atom. The summed E-state index contributed by atoms with van der Waals surface area (Å²) in [7, 11) is 0. The van der Waals surface area contributed by atoms with Gasteiger partial charge >= 0.3 is 11.9 Å². The first-order chi connectivity index (χ1) is 9.25. The molecule has 4 heteroatoms. The second-order valence-corrected chi connectivity index (χ2v) is 5.16. The molecule has 0 radical (unpaired) electrons. The van der Waals surface area contributed by atoms with Crippen LogP contribution < -0.4 is 0 Å². The molecule has 0 amide bonds. The van der Waals surface area contributed by atoms with E-state index in [4.69, 9.17) is 9.84 Å². The second kappa shape index (κ2) is 6.55. The first kappa shape index (κ1) is 16.2. The zero-order valence-corrected chi connectivity index (χ0v) is 12.8. The van der Waals surface area contributed by atoms with E-state index in [1.807, 2.05) is 13.8 Å². The smallest absolute Gasteiger partial charge is 0.306 e. The van der Waals surface area contributed by atoms with Crippen molar-refractivity contribution in [2.75, 3.05) is 0 Å². The van der Waals surface area contributed by atoms with Crippen LogP contribution in [0.3, 0.4) is 0 Å². The number of carbonyl (C=O) groups is 2. The topological polar surface area (TPSA) is 63.6 Å². The fraction of sp³-hybridized carbons (Fsp3) is 0.500. The van der Waals surface area contributed by atoms with Crippen LogP contribution in [0.1, 0.15) is 46.2 Å². The number of aliphatic carboxylic acids is 1. The van der Waals surface area contributed by atoms with Crippen molar-refractivity contribution in [3.8, 4) is 0 Å². The van der Waals surface area contributed by atoms with E-state index in [2.05, 4.69) is 20.8 Å². The van der Waals surface area contributed by atoms with Gasteiger partial charge in [-0.05, 0) is 68.0 Å². The lowest BCUT2D eigenvalue weighted by molar-refractivity contribution is -0.148. The predicted molar refractivity (Wildman–Crippen MR) is 76.8 cm³/mol. The van der Waals surface area contributed by atoms with Crippen molar-refractivity contribution >= 4 is 11.9 Å². The van der Waals surface area contributed by atoms with E-state index in [1.165, 1.54) is 16.7 Å². The summed E-state index contributed by atoms with van der Waals surface area (Å²) in [4.78, 5) is 21.9. The van der Waals surface area contributed by atoms with Gasteiger partial charge in [0.15, 0.2) is 0 Å². The van der Waals surface area contributed by atoms with Crippen LogP contribution >= 0.6 is 0 Å². The minimum Gasteiger partial charge on any atom is -0.481 e. The second-order valence-electron chi connectivity index (χ2n) is 5.16. The lowest BCUT2D eigenvalue weighted by atomic mass is 9.90. The summed E-state index contributed by atoms with van der Waals surface area (Å²) in [6, 6.07) is 0. The van der Waals surface area contributed by atoms with Crippen LogP contribution in [0, 0.1) is 34.6 Å². The molecule has 0 bridgehead atoms. The van der Waals surface area contributed by atoms with E-state index in [0.29, 0.717) is 0 Å². The van der Waals surface area contributed by atoms with Crippen LogP contribution in [0.15, 0.2) is 0 Å². The lowest BCUT2D eigenvalue weighted by Crippen LogP contribution is -2.10. The molecule has 4 nitrogen and oxygen atoms in total. The molecule has 0 aliphatic heterocycles. The minimum atomic E-state index is -0.990. The Balaban J connectivity index is 2.84. The molecule has 110 valence electrons. The van der Waals surface area contributed by atoms with Crippen LogP contribution in [-0.2, 0) is 20.9 Å². The molecule has 0 atom stereocenters. The number of benzene rings is 1. The summed E-state index contributed by atoms with van der Waals surface area (Å²) in [5.74, 6) is -1.46. The summed E-state index contributed by atoms with van der Waals surface area (Å²) in [5, 5.41) is 8.53. The molecule has 0 aliphatic rings. The normalized spacial score (nSPS) is 10.4. The number of carbonyl (C=O) groups excluding carboxylic acids is 1. The molecule has 0 spiro atoms. The molecule has 0 saturated heterocycles. The first-order valence-electron chi connectivity index (χ1n) is 6.69. The summed E-state index contributed by atoms with van der Waals surface area (Å²) in [6.45, 7) is 10.5. The first-order valence-corrected chi connectivity index (χ1v) is 6.69. The number of hydrogen-bond donors (Lipinski definition) is 1. The van der Waals surface area contributed by atoms with E-state index in [0.717, 1.165) is 16.7 Å². The monoisotopic (exact) mass is 278 g/mol. The SMILES string of the molecule is Cc1c(C)c(C)c(COC(=O)CCC(=O)O)c(C)c1C. The fourth-order valence-corrected chi connectivity index (χ4v) is 2.23. The van der Waals surface area contributed by atoms with Crippen molar-refractivity contribution in [2.24, 2.45) is 0 Å². The summed E-state index contributed by atoms with van der Waals surface area (Å²) < 4.78 is 5.19. The van der Waals surface area contributed by atoms with Crippen LogP contribution in [0.4, 0.5) is 0 Å². The Hall–Kier alpha value is -1.84. The number of hydrogen-bond acceptors (Lipinski definition) is 3. The Labute approximate surface area is 119 Å². The molecule has 1 rings (SSSR count). The number of esters is 1. The molecule has 0 fully saturated rings. The van der Waals surface area contributed by atoms with Crippen molar-refractivity contribution in [3.63, 3.8) is 0 Å². The average Bonchev–Trinajstić information content (AvgIpc) is 2.40. The van der Waals surface area contributed by atoms with E-state index < -0.39 is 11.9 Å². The third-order valence-electron chi connectivity index (χ3n) is 4.08. The molecule has 0 heterocycles. The largest absolute Gasteiger partial charge is 0.481 e. The van der Waals surface area contributed by atoms with Gasteiger partial charge in [-0.1, -0.05) is 0 Å². The maximum Gasteiger partial charge on any atom is 0.306 e. The highest BCUT2D eigenvalue weighted by molar-refractivity contribution is 5.76. The van der Waals surface area contributed by atoms with E-state index in [1.54, 1.807) is 0 Å². The standard InChI is InChI=1S/C16H22O4/c1-9-10(2)12(4)14(13(5)11(9)3)8-20-16(19)7-6-15(17)18/h6-8H2,1-5H3,(H,17,18). The van der Waals surface area contributed by atoms with Gasteiger partial charge in [0.1, 0.15) is 6.61 Å². The van der Waals surface area contributed by atoms with Crippen LogP contribution in [0.5, 0.6) is 0 Å². The van der Waals surface area contributed by atoms with Gasteiger partial charge in [-0.2, -0.15) is 0 Å². The lowest BCUT2D eigenvalue weighted by Gasteiger charge is -2.18. The molecule has 0 aromatic heterocycles. The van der Waals surface area contributed by atoms with Crippen LogP contribution in [0.2, 0.25) is 0 Å². The van der Waals surface area contributed by atoms with E-state index >= 15 is 0 Å². The summed E-state index contributed by atoms with van der Waals surface area (Å²) in [6.07, 6.45) is -0.278. The molecule has 0 unspecified atom stereocenters. The summed E-state index contributed by atoms with van der Waals surface area (Å²) >= 11 is 0. The number of rotatable bonds is 5. The zero-order chi connectivity index (χ0) is 15.4. The number of carboxylic acid groups (broad SMARTS) is 1. The third-order valence-corrected chi connectivity index (χ3v) is 4.08. The Kier molecular flexibility index (Phi) is 5.31. The number of ether oxygens (including phenoxy) is 1. The Morgan fingerprint density at radius 1 is 0.850 bits per heavy atom. The predicted octanol–water partition coefficient (Wildman–Crippen LogP) is 3.14. The van der Waals surface area contributed by atoms with Crippen molar-refractivity contribution in [1.82, 2.24) is 0 Å². The molecule has 1 aromatic carbocycles. The third kappa shape index (κ3) is 3.59. The van der Waals surface area contributed by atoms with E-state index in [9.17, 15) is 9.59 Å². The maximum absolute atomic E-state index is 11.5.